The van der Waals surface area contributed by atoms with Crippen molar-refractivity contribution in [2.45, 2.75) is 0 Å². The average molecular weight is 147 g/mol. The molecular formula is C9H9NO. The Hall–Kier alpha value is -1.46. The lowest BCUT2D eigenvalue weighted by atomic mass is 10.3. The van der Waals surface area contributed by atoms with Gasteiger partial charge in [-0.2, -0.15) is 0 Å². The fourth-order valence-corrected chi connectivity index (χ4v) is 0.667. The van der Waals surface area contributed by atoms with Crippen LogP contribution in [-0.4, -0.2) is 6.61 Å². The topological polar surface area (TPSA) is 21.3 Å². The van der Waals surface area contributed by atoms with E-state index >= 15 is 0 Å². The van der Waals surface area contributed by atoms with Crippen molar-refractivity contribution in [1.29, 1.82) is 0 Å². The molecule has 0 amide bonds. The zero-order valence-electron chi connectivity index (χ0n) is 6.08. The summed E-state index contributed by atoms with van der Waals surface area (Å²) in [4.78, 5) is 4.88. The zero-order chi connectivity index (χ0) is 7.94. The second kappa shape index (κ2) is 4.37. The lowest BCUT2D eigenvalue weighted by Gasteiger charge is -2.02. The molecular weight excluding hydrogens is 138 g/mol. The summed E-state index contributed by atoms with van der Waals surface area (Å²) in [6, 6.07) is 9.57. The van der Waals surface area contributed by atoms with E-state index in [-0.39, 0.29) is 6.61 Å². The van der Waals surface area contributed by atoms with Gasteiger partial charge < -0.3 is 0 Å². The number of rotatable bonds is 3. The molecule has 1 aromatic rings. The largest absolute Gasteiger partial charge is 0.266 e. The Bertz CT molecular complexity index is 237. The molecule has 11 heavy (non-hydrogen) atoms. The van der Waals surface area contributed by atoms with E-state index in [0.29, 0.717) is 0 Å². The third-order valence-corrected chi connectivity index (χ3v) is 1.12. The first-order valence-corrected chi connectivity index (χ1v) is 3.30. The quantitative estimate of drug-likeness (QED) is 0.399. The maximum atomic E-state index is 4.98. The van der Waals surface area contributed by atoms with Crippen LogP contribution in [0.1, 0.15) is 0 Å². The van der Waals surface area contributed by atoms with Gasteiger partial charge in [-0.3, -0.25) is 10.3 Å². The summed E-state index contributed by atoms with van der Waals surface area (Å²) in [5.41, 5.74) is 3.61. The van der Waals surface area contributed by atoms with Gasteiger partial charge in [-0.05, 0) is 12.1 Å². The van der Waals surface area contributed by atoms with E-state index < -0.39 is 0 Å². The average Bonchev–Trinajstić information content (AvgIpc) is 2.07. The molecule has 0 atom stereocenters. The number of benzene rings is 1. The van der Waals surface area contributed by atoms with Crippen molar-refractivity contribution in [2.24, 2.45) is 0 Å². The van der Waals surface area contributed by atoms with E-state index in [4.69, 9.17) is 11.3 Å². The van der Waals surface area contributed by atoms with Crippen molar-refractivity contribution in [1.82, 2.24) is 0 Å². The summed E-state index contributed by atoms with van der Waals surface area (Å²) in [6.07, 6.45) is 4.98. The van der Waals surface area contributed by atoms with E-state index in [2.05, 4.69) is 11.4 Å². The van der Waals surface area contributed by atoms with Crippen LogP contribution in [0.2, 0.25) is 0 Å². The van der Waals surface area contributed by atoms with E-state index in [1.165, 1.54) is 0 Å². The molecule has 1 aromatic carbocycles. The van der Waals surface area contributed by atoms with Gasteiger partial charge in [0, 0.05) is 0 Å². The predicted octanol–water partition coefficient (Wildman–Crippen LogP) is 1.66. The molecule has 1 rings (SSSR count). The summed E-state index contributed by atoms with van der Waals surface area (Å²) < 4.78 is 0. The Labute approximate surface area is 66.1 Å². The number of terminal acetylenes is 1. The summed E-state index contributed by atoms with van der Waals surface area (Å²) >= 11 is 0. The van der Waals surface area contributed by atoms with Gasteiger partial charge in [-0.25, -0.2) is 0 Å². The van der Waals surface area contributed by atoms with Crippen LogP contribution in [0.5, 0.6) is 0 Å². The van der Waals surface area contributed by atoms with E-state index in [1.54, 1.807) is 0 Å². The summed E-state index contributed by atoms with van der Waals surface area (Å²) in [5.74, 6) is 2.35. The second-order valence-electron chi connectivity index (χ2n) is 1.96. The molecule has 2 nitrogen and oxygen atoms in total. The molecule has 0 aromatic heterocycles. The fourth-order valence-electron chi connectivity index (χ4n) is 0.667. The molecule has 0 saturated carbocycles. The molecule has 0 heterocycles. The smallest absolute Gasteiger partial charge is 0.135 e. The monoisotopic (exact) mass is 147 g/mol. The highest BCUT2D eigenvalue weighted by atomic mass is 16.6. The molecule has 2 heteroatoms. The zero-order valence-corrected chi connectivity index (χ0v) is 6.08. The Morgan fingerprint density at radius 3 is 2.73 bits per heavy atom. The van der Waals surface area contributed by atoms with Gasteiger partial charge in [0.1, 0.15) is 6.61 Å². The SMILES string of the molecule is C#CCONc1ccccc1. The lowest BCUT2D eigenvalue weighted by Crippen LogP contribution is -2.00. The minimum Gasteiger partial charge on any atom is -0.266 e. The Morgan fingerprint density at radius 1 is 1.36 bits per heavy atom. The Kier molecular flexibility index (Phi) is 3.04. The second-order valence-corrected chi connectivity index (χ2v) is 1.96. The fraction of sp³-hybridized carbons (Fsp3) is 0.111. The molecule has 0 saturated heterocycles. The predicted molar refractivity (Wildman–Crippen MR) is 44.8 cm³/mol. The summed E-state index contributed by atoms with van der Waals surface area (Å²) in [6.45, 7) is 0.273. The van der Waals surface area contributed by atoms with Crippen molar-refractivity contribution in [3.63, 3.8) is 0 Å². The van der Waals surface area contributed by atoms with Gasteiger partial charge in [-0.15, -0.1) is 6.42 Å². The maximum absolute atomic E-state index is 4.98. The summed E-state index contributed by atoms with van der Waals surface area (Å²) in [5, 5.41) is 0. The van der Waals surface area contributed by atoms with Crippen LogP contribution in [0.25, 0.3) is 0 Å². The molecule has 0 aliphatic rings. The van der Waals surface area contributed by atoms with Crippen LogP contribution < -0.4 is 5.48 Å². The van der Waals surface area contributed by atoms with Gasteiger partial charge >= 0.3 is 0 Å². The van der Waals surface area contributed by atoms with Gasteiger partial charge in [0.05, 0.1) is 5.69 Å². The third-order valence-electron chi connectivity index (χ3n) is 1.12. The number of hydrogen-bond acceptors (Lipinski definition) is 2. The van der Waals surface area contributed by atoms with Gasteiger partial charge in [0.15, 0.2) is 0 Å². The van der Waals surface area contributed by atoms with E-state index in [0.717, 1.165) is 5.69 Å². The van der Waals surface area contributed by atoms with Crippen LogP contribution in [-0.2, 0) is 4.84 Å². The van der Waals surface area contributed by atoms with Crippen LogP contribution in [0.4, 0.5) is 5.69 Å². The van der Waals surface area contributed by atoms with Crippen molar-refractivity contribution in [2.75, 3.05) is 12.1 Å². The first-order valence-electron chi connectivity index (χ1n) is 3.30. The van der Waals surface area contributed by atoms with Crippen molar-refractivity contribution >= 4 is 5.69 Å². The molecule has 0 unspecified atom stereocenters. The van der Waals surface area contributed by atoms with Crippen LogP contribution in [0, 0.1) is 12.3 Å². The van der Waals surface area contributed by atoms with Gasteiger partial charge in [0.2, 0.25) is 0 Å². The number of nitrogens with one attached hydrogen (secondary N) is 1. The minimum absolute atomic E-state index is 0.273. The normalized spacial score (nSPS) is 8.64. The number of para-hydroxylation sites is 1. The van der Waals surface area contributed by atoms with Gasteiger partial charge in [0.25, 0.3) is 0 Å². The summed E-state index contributed by atoms with van der Waals surface area (Å²) in [7, 11) is 0. The van der Waals surface area contributed by atoms with Gasteiger partial charge in [-0.1, -0.05) is 24.1 Å². The minimum atomic E-state index is 0.273. The van der Waals surface area contributed by atoms with Crippen LogP contribution in [0.3, 0.4) is 0 Å². The number of anilines is 1. The van der Waals surface area contributed by atoms with Crippen molar-refractivity contribution in [3.05, 3.63) is 30.3 Å². The van der Waals surface area contributed by atoms with Crippen molar-refractivity contribution in [3.8, 4) is 12.3 Å². The molecule has 0 fully saturated rings. The van der Waals surface area contributed by atoms with Crippen LogP contribution in [0.15, 0.2) is 30.3 Å². The third kappa shape index (κ3) is 2.74. The molecule has 0 aliphatic carbocycles. The standard InChI is InChI=1S/C9H9NO/c1-2-8-11-10-9-6-4-3-5-7-9/h1,3-7,10H,8H2. The first-order chi connectivity index (χ1) is 5.43. The van der Waals surface area contributed by atoms with Crippen LogP contribution >= 0.6 is 0 Å². The highest BCUT2D eigenvalue weighted by molar-refractivity contribution is 5.39. The molecule has 0 spiro atoms. The molecule has 0 bridgehead atoms. The molecule has 0 radical (unpaired) electrons. The first kappa shape index (κ1) is 7.64. The van der Waals surface area contributed by atoms with Crippen molar-refractivity contribution < 1.29 is 4.84 Å². The van der Waals surface area contributed by atoms with E-state index in [1.807, 2.05) is 30.3 Å². The Balaban J connectivity index is 2.35. The highest BCUT2D eigenvalue weighted by Gasteiger charge is 1.85. The Morgan fingerprint density at radius 2 is 2.09 bits per heavy atom. The molecule has 1 N–H and O–H groups in total. The molecule has 0 aliphatic heterocycles. The highest BCUT2D eigenvalue weighted by Crippen LogP contribution is 2.03. The maximum Gasteiger partial charge on any atom is 0.135 e. The molecule has 56 valence electrons. The van der Waals surface area contributed by atoms with E-state index in [9.17, 15) is 0 Å². The lowest BCUT2D eigenvalue weighted by molar-refractivity contribution is 0.234. The number of hydrogen-bond donors (Lipinski definition) is 1.